The maximum Gasteiger partial charge on any atom is 0.339 e. The molecule has 0 spiro atoms. The summed E-state index contributed by atoms with van der Waals surface area (Å²) in [4.78, 5) is 37.2. The average molecular weight is 470 g/mol. The van der Waals surface area contributed by atoms with Crippen molar-refractivity contribution in [2.45, 2.75) is 6.92 Å². The van der Waals surface area contributed by atoms with Gasteiger partial charge in [-0.2, -0.15) is 0 Å². The highest BCUT2D eigenvalue weighted by Gasteiger charge is 2.21. The fourth-order valence-corrected chi connectivity index (χ4v) is 4.23. The van der Waals surface area contributed by atoms with Crippen molar-refractivity contribution >= 4 is 34.2 Å². The van der Waals surface area contributed by atoms with Crippen LogP contribution in [0.5, 0.6) is 0 Å². The largest absolute Gasteiger partial charge is 0.462 e. The van der Waals surface area contributed by atoms with Gasteiger partial charge in [-0.15, -0.1) is 11.3 Å². The zero-order valence-corrected chi connectivity index (χ0v) is 19.0. The van der Waals surface area contributed by atoms with E-state index in [0.29, 0.717) is 36.1 Å². The van der Waals surface area contributed by atoms with Crippen molar-refractivity contribution in [2.75, 3.05) is 49.5 Å². The molecule has 1 N–H and O–H groups in total. The minimum atomic E-state index is -0.377. The average Bonchev–Trinajstić information content (AvgIpc) is 3.28. The van der Waals surface area contributed by atoms with Crippen molar-refractivity contribution < 1.29 is 18.7 Å². The molecule has 1 fully saturated rings. The number of hydrogen-bond acceptors (Lipinski definition) is 8. The lowest BCUT2D eigenvalue weighted by Gasteiger charge is -2.34. The molecule has 172 valence electrons. The third-order valence-corrected chi connectivity index (χ3v) is 5.97. The molecular weight excluding hydrogens is 445 g/mol. The van der Waals surface area contributed by atoms with Crippen molar-refractivity contribution in [2.24, 2.45) is 0 Å². The molecule has 1 saturated heterocycles. The second-order valence-corrected chi connectivity index (χ2v) is 8.34. The Morgan fingerprint density at radius 1 is 1.12 bits per heavy atom. The van der Waals surface area contributed by atoms with Crippen LogP contribution in [0.3, 0.4) is 0 Å². The van der Waals surface area contributed by atoms with Gasteiger partial charge in [0, 0.05) is 43.3 Å². The van der Waals surface area contributed by atoms with Crippen LogP contribution in [0, 0.1) is 5.82 Å². The molecule has 8 nitrogen and oxygen atoms in total. The minimum Gasteiger partial charge on any atom is -0.462 e. The van der Waals surface area contributed by atoms with E-state index < -0.39 is 0 Å². The van der Waals surface area contributed by atoms with Gasteiger partial charge in [-0.05, 0) is 43.3 Å². The monoisotopic (exact) mass is 469 g/mol. The molecule has 2 aromatic heterocycles. The Bertz CT molecular complexity index is 1100. The summed E-state index contributed by atoms with van der Waals surface area (Å²) in [5, 5.41) is 5.20. The van der Waals surface area contributed by atoms with Gasteiger partial charge in [0.15, 0.2) is 5.13 Å². The molecule has 0 saturated carbocycles. The van der Waals surface area contributed by atoms with Gasteiger partial charge < -0.3 is 15.0 Å². The Morgan fingerprint density at radius 2 is 1.88 bits per heavy atom. The van der Waals surface area contributed by atoms with E-state index in [4.69, 9.17) is 4.74 Å². The number of nitrogens with zero attached hydrogens (tertiary/aromatic N) is 4. The molecule has 33 heavy (non-hydrogen) atoms. The summed E-state index contributed by atoms with van der Waals surface area (Å²) < 4.78 is 18.1. The molecule has 0 bridgehead atoms. The van der Waals surface area contributed by atoms with E-state index in [1.165, 1.54) is 29.7 Å². The van der Waals surface area contributed by atoms with Gasteiger partial charge in [0.05, 0.1) is 24.4 Å². The molecule has 4 rings (SSSR count). The van der Waals surface area contributed by atoms with E-state index >= 15 is 0 Å². The van der Waals surface area contributed by atoms with Crippen LogP contribution in [0.25, 0.3) is 11.3 Å². The number of aromatic nitrogens is 2. The first-order valence-electron chi connectivity index (χ1n) is 10.6. The third-order valence-electron chi connectivity index (χ3n) is 5.21. The maximum absolute atomic E-state index is 13.1. The van der Waals surface area contributed by atoms with E-state index in [-0.39, 0.29) is 24.2 Å². The smallest absolute Gasteiger partial charge is 0.339 e. The lowest BCUT2D eigenvalue weighted by molar-refractivity contribution is -0.117. The lowest BCUT2D eigenvalue weighted by Crippen LogP contribution is -2.48. The number of amides is 1. The van der Waals surface area contributed by atoms with Crippen LogP contribution in [0.15, 0.2) is 48.0 Å². The van der Waals surface area contributed by atoms with Crippen molar-refractivity contribution in [3.63, 3.8) is 0 Å². The standard InChI is InChI=1S/C23H24FN5O3S/c1-2-32-22(31)17-5-8-20(25-13-17)29-11-9-28(10-12-29)14-21(30)27-23-26-19(15-33-23)16-3-6-18(24)7-4-16/h3-8,13,15H,2,9-12,14H2,1H3,(H,26,27,30). The van der Waals surface area contributed by atoms with E-state index in [1.807, 2.05) is 11.4 Å². The number of benzene rings is 1. The Kier molecular flexibility index (Phi) is 7.26. The number of piperazine rings is 1. The predicted octanol–water partition coefficient (Wildman–Crippen LogP) is 3.28. The number of hydrogen-bond donors (Lipinski definition) is 1. The summed E-state index contributed by atoms with van der Waals surface area (Å²) in [6.45, 7) is 5.25. The van der Waals surface area contributed by atoms with Gasteiger partial charge >= 0.3 is 5.97 Å². The highest BCUT2D eigenvalue weighted by Crippen LogP contribution is 2.25. The van der Waals surface area contributed by atoms with Crippen LogP contribution in [0.1, 0.15) is 17.3 Å². The number of esters is 1. The first-order valence-corrected chi connectivity index (χ1v) is 11.5. The number of halogens is 1. The molecule has 1 aliphatic rings. The molecule has 3 aromatic rings. The number of nitrogens with one attached hydrogen (secondary N) is 1. The molecular formula is C23H24FN5O3S. The quantitative estimate of drug-likeness (QED) is 0.532. The molecule has 1 aromatic carbocycles. The summed E-state index contributed by atoms with van der Waals surface area (Å²) in [6, 6.07) is 9.63. The second-order valence-electron chi connectivity index (χ2n) is 7.48. The van der Waals surface area contributed by atoms with E-state index in [9.17, 15) is 14.0 Å². The Balaban J connectivity index is 1.25. The van der Waals surface area contributed by atoms with Gasteiger partial charge in [0.2, 0.25) is 5.91 Å². The van der Waals surface area contributed by atoms with Crippen LogP contribution < -0.4 is 10.2 Å². The normalized spacial score (nSPS) is 14.2. The Morgan fingerprint density at radius 3 is 2.55 bits per heavy atom. The molecule has 1 aliphatic heterocycles. The van der Waals surface area contributed by atoms with Gasteiger partial charge in [-0.25, -0.2) is 19.2 Å². The van der Waals surface area contributed by atoms with E-state index in [2.05, 4.69) is 25.1 Å². The van der Waals surface area contributed by atoms with Gasteiger partial charge in [0.1, 0.15) is 11.6 Å². The van der Waals surface area contributed by atoms with E-state index in [1.54, 1.807) is 25.1 Å². The zero-order valence-electron chi connectivity index (χ0n) is 18.2. The van der Waals surface area contributed by atoms with Crippen molar-refractivity contribution in [3.05, 3.63) is 59.4 Å². The molecule has 0 radical (unpaired) electrons. The topological polar surface area (TPSA) is 87.7 Å². The van der Waals surface area contributed by atoms with Gasteiger partial charge in [-0.1, -0.05) is 0 Å². The second kappa shape index (κ2) is 10.5. The maximum atomic E-state index is 13.1. The zero-order chi connectivity index (χ0) is 23.2. The Hall–Kier alpha value is -3.37. The lowest BCUT2D eigenvalue weighted by atomic mass is 10.2. The van der Waals surface area contributed by atoms with Crippen LogP contribution in [-0.4, -0.2) is 66.1 Å². The number of carbonyl (C=O) groups excluding carboxylic acids is 2. The summed E-state index contributed by atoms with van der Waals surface area (Å²) in [5.41, 5.74) is 1.93. The minimum absolute atomic E-state index is 0.125. The summed E-state index contributed by atoms with van der Waals surface area (Å²) >= 11 is 1.34. The number of anilines is 2. The molecule has 0 aliphatic carbocycles. The van der Waals surface area contributed by atoms with Crippen molar-refractivity contribution in [1.82, 2.24) is 14.9 Å². The summed E-state index contributed by atoms with van der Waals surface area (Å²) in [6.07, 6.45) is 1.53. The molecule has 0 atom stereocenters. The Labute approximate surface area is 195 Å². The number of rotatable bonds is 7. The molecule has 0 unspecified atom stereocenters. The van der Waals surface area contributed by atoms with Crippen LogP contribution in [0.2, 0.25) is 0 Å². The highest BCUT2D eigenvalue weighted by atomic mass is 32.1. The molecule has 1 amide bonds. The number of thiazole rings is 1. The van der Waals surface area contributed by atoms with Crippen LogP contribution in [-0.2, 0) is 9.53 Å². The fourth-order valence-electron chi connectivity index (χ4n) is 3.49. The highest BCUT2D eigenvalue weighted by molar-refractivity contribution is 7.14. The number of ether oxygens (including phenoxy) is 1. The van der Waals surface area contributed by atoms with Gasteiger partial charge in [-0.3, -0.25) is 9.69 Å². The third kappa shape index (κ3) is 5.91. The molecule has 10 heteroatoms. The first-order chi connectivity index (χ1) is 16.0. The van der Waals surface area contributed by atoms with Crippen molar-refractivity contribution in [1.29, 1.82) is 0 Å². The van der Waals surface area contributed by atoms with E-state index in [0.717, 1.165) is 24.5 Å². The van der Waals surface area contributed by atoms with Crippen LogP contribution in [0.4, 0.5) is 15.3 Å². The van der Waals surface area contributed by atoms with Crippen LogP contribution >= 0.6 is 11.3 Å². The SMILES string of the molecule is CCOC(=O)c1ccc(N2CCN(CC(=O)Nc3nc(-c4ccc(F)cc4)cs3)CC2)nc1. The fraction of sp³-hybridized carbons (Fsp3) is 0.304. The van der Waals surface area contributed by atoms with Crippen molar-refractivity contribution in [3.8, 4) is 11.3 Å². The predicted molar refractivity (Wildman–Crippen MR) is 125 cm³/mol. The summed E-state index contributed by atoms with van der Waals surface area (Å²) in [5.74, 6) is -0.00639. The number of carbonyl (C=O) groups is 2. The number of pyridine rings is 1. The van der Waals surface area contributed by atoms with Gasteiger partial charge in [0.25, 0.3) is 0 Å². The summed E-state index contributed by atoms with van der Waals surface area (Å²) in [7, 11) is 0. The first kappa shape index (κ1) is 22.8. The molecule has 3 heterocycles.